The van der Waals surface area contributed by atoms with E-state index in [2.05, 4.69) is 10.3 Å². The van der Waals surface area contributed by atoms with Crippen LogP contribution in [0.2, 0.25) is 5.15 Å². The van der Waals surface area contributed by atoms with E-state index in [1.54, 1.807) is 4.90 Å². The highest BCUT2D eigenvalue weighted by molar-refractivity contribution is 6.32. The molecular weight excluding hydrogens is 266 g/mol. The van der Waals surface area contributed by atoms with Crippen molar-refractivity contribution >= 4 is 23.3 Å². The summed E-state index contributed by atoms with van der Waals surface area (Å²) in [7, 11) is 0. The molecule has 1 rings (SSSR count). The van der Waals surface area contributed by atoms with Gasteiger partial charge in [-0.3, -0.25) is 0 Å². The Balaban J connectivity index is 2.86. The monoisotopic (exact) mass is 285 g/mol. The zero-order valence-electron chi connectivity index (χ0n) is 11.5. The molecular formula is C13H20ClN3O2. The first-order valence-corrected chi connectivity index (χ1v) is 6.68. The van der Waals surface area contributed by atoms with Crippen molar-refractivity contribution in [2.75, 3.05) is 25.0 Å². The number of hydrogen-bond acceptors (Lipinski definition) is 3. The number of anilines is 1. The van der Waals surface area contributed by atoms with Gasteiger partial charge in [-0.15, -0.1) is 0 Å². The number of hydrogen-bond donors (Lipinski definition) is 2. The van der Waals surface area contributed by atoms with Crippen molar-refractivity contribution in [3.63, 3.8) is 0 Å². The van der Waals surface area contributed by atoms with E-state index < -0.39 is 0 Å². The molecule has 0 spiro atoms. The van der Waals surface area contributed by atoms with Gasteiger partial charge in [-0.1, -0.05) is 18.5 Å². The summed E-state index contributed by atoms with van der Waals surface area (Å²) < 4.78 is 0. The zero-order valence-corrected chi connectivity index (χ0v) is 12.3. The van der Waals surface area contributed by atoms with Crippen LogP contribution in [-0.4, -0.2) is 40.7 Å². The van der Waals surface area contributed by atoms with Gasteiger partial charge in [0.25, 0.3) is 0 Å². The predicted octanol–water partition coefficient (Wildman–Crippen LogP) is 2.59. The highest BCUT2D eigenvalue weighted by atomic mass is 35.5. The van der Waals surface area contributed by atoms with Crippen molar-refractivity contribution in [2.24, 2.45) is 0 Å². The molecule has 0 saturated carbocycles. The smallest absolute Gasteiger partial charge is 0.322 e. The van der Waals surface area contributed by atoms with Crippen LogP contribution in [0.3, 0.4) is 0 Å². The standard InChI is InChI=1S/C13H20ClN3O2/c1-4-5-17(6-7-18)13(19)16-11-9(2)8-10(3)15-12(11)14/h8,18H,4-7H2,1-3H3,(H,16,19). The molecule has 0 aliphatic carbocycles. The van der Waals surface area contributed by atoms with Gasteiger partial charge >= 0.3 is 6.03 Å². The Morgan fingerprint density at radius 2 is 2.16 bits per heavy atom. The van der Waals surface area contributed by atoms with E-state index in [1.807, 2.05) is 26.8 Å². The normalized spacial score (nSPS) is 10.4. The van der Waals surface area contributed by atoms with Gasteiger partial charge in [-0.2, -0.15) is 0 Å². The SMILES string of the molecule is CCCN(CCO)C(=O)Nc1c(C)cc(C)nc1Cl. The van der Waals surface area contributed by atoms with Crippen molar-refractivity contribution in [3.05, 3.63) is 22.5 Å². The first-order chi connectivity index (χ1) is 8.99. The third kappa shape index (κ3) is 4.36. The third-order valence-electron chi connectivity index (χ3n) is 2.68. The average Bonchev–Trinajstić information content (AvgIpc) is 2.33. The number of pyridine rings is 1. The summed E-state index contributed by atoms with van der Waals surface area (Å²) in [5.74, 6) is 0. The van der Waals surface area contributed by atoms with Gasteiger partial charge in [0.1, 0.15) is 0 Å². The number of nitrogens with zero attached hydrogens (tertiary/aromatic N) is 2. The maximum Gasteiger partial charge on any atom is 0.322 e. The number of rotatable bonds is 5. The summed E-state index contributed by atoms with van der Waals surface area (Å²) in [6.45, 7) is 6.51. The van der Waals surface area contributed by atoms with Gasteiger partial charge < -0.3 is 15.3 Å². The van der Waals surface area contributed by atoms with Crippen molar-refractivity contribution < 1.29 is 9.90 Å². The Kier molecular flexibility index (Phi) is 6.05. The van der Waals surface area contributed by atoms with Crippen LogP contribution in [0, 0.1) is 13.8 Å². The topological polar surface area (TPSA) is 65.5 Å². The van der Waals surface area contributed by atoms with E-state index in [0.717, 1.165) is 17.7 Å². The van der Waals surface area contributed by atoms with E-state index in [0.29, 0.717) is 18.8 Å². The van der Waals surface area contributed by atoms with Crippen LogP contribution in [0.4, 0.5) is 10.5 Å². The molecule has 106 valence electrons. The van der Waals surface area contributed by atoms with E-state index in [4.69, 9.17) is 16.7 Å². The number of aliphatic hydroxyl groups excluding tert-OH is 1. The van der Waals surface area contributed by atoms with E-state index >= 15 is 0 Å². The number of halogens is 1. The van der Waals surface area contributed by atoms with Gasteiger partial charge in [0.05, 0.1) is 12.3 Å². The fraction of sp³-hybridized carbons (Fsp3) is 0.538. The predicted molar refractivity (Wildman–Crippen MR) is 76.7 cm³/mol. The molecule has 0 fully saturated rings. The second kappa shape index (κ2) is 7.31. The summed E-state index contributed by atoms with van der Waals surface area (Å²) in [6.07, 6.45) is 0.826. The second-order valence-electron chi connectivity index (χ2n) is 4.39. The second-order valence-corrected chi connectivity index (χ2v) is 4.75. The molecule has 0 radical (unpaired) electrons. The Bertz CT molecular complexity index is 423. The molecule has 0 bridgehead atoms. The first-order valence-electron chi connectivity index (χ1n) is 6.30. The maximum absolute atomic E-state index is 12.1. The molecule has 0 saturated heterocycles. The molecule has 0 atom stereocenters. The number of nitrogens with one attached hydrogen (secondary N) is 1. The minimum atomic E-state index is -0.272. The largest absolute Gasteiger partial charge is 0.395 e. The molecule has 2 N–H and O–H groups in total. The molecule has 0 aliphatic heterocycles. The van der Waals surface area contributed by atoms with Gasteiger partial charge in [-0.25, -0.2) is 9.78 Å². The van der Waals surface area contributed by atoms with Crippen LogP contribution in [0.1, 0.15) is 24.6 Å². The number of carbonyl (C=O) groups excluding carboxylic acids is 1. The van der Waals surface area contributed by atoms with E-state index in [-0.39, 0.29) is 17.8 Å². The number of carbonyl (C=O) groups is 1. The lowest BCUT2D eigenvalue weighted by Crippen LogP contribution is -2.37. The third-order valence-corrected chi connectivity index (χ3v) is 2.96. The summed E-state index contributed by atoms with van der Waals surface area (Å²) in [6, 6.07) is 1.59. The Hall–Kier alpha value is -1.33. The number of aryl methyl sites for hydroxylation is 2. The van der Waals surface area contributed by atoms with Gasteiger partial charge in [-0.05, 0) is 31.9 Å². The lowest BCUT2D eigenvalue weighted by atomic mass is 10.2. The Labute approximate surface area is 118 Å². The number of urea groups is 1. The van der Waals surface area contributed by atoms with Crippen LogP contribution < -0.4 is 5.32 Å². The fourth-order valence-electron chi connectivity index (χ4n) is 1.83. The summed E-state index contributed by atoms with van der Waals surface area (Å²) in [5.41, 5.74) is 2.20. The van der Waals surface area contributed by atoms with Crippen molar-refractivity contribution in [1.82, 2.24) is 9.88 Å². The molecule has 2 amide bonds. The van der Waals surface area contributed by atoms with E-state index in [1.165, 1.54) is 0 Å². The maximum atomic E-state index is 12.1. The highest BCUT2D eigenvalue weighted by Crippen LogP contribution is 2.24. The number of aliphatic hydroxyl groups is 1. The van der Waals surface area contributed by atoms with Crippen LogP contribution in [0.25, 0.3) is 0 Å². The molecule has 0 unspecified atom stereocenters. The van der Waals surface area contributed by atoms with Crippen LogP contribution in [0.5, 0.6) is 0 Å². The van der Waals surface area contributed by atoms with Gasteiger partial charge in [0, 0.05) is 18.8 Å². The quantitative estimate of drug-likeness (QED) is 0.817. The average molecular weight is 286 g/mol. The summed E-state index contributed by atoms with van der Waals surface area (Å²) in [4.78, 5) is 17.8. The first kappa shape index (κ1) is 15.7. The van der Waals surface area contributed by atoms with Crippen molar-refractivity contribution in [3.8, 4) is 0 Å². The zero-order chi connectivity index (χ0) is 14.4. The molecule has 5 nitrogen and oxygen atoms in total. The number of amides is 2. The van der Waals surface area contributed by atoms with Crippen LogP contribution >= 0.6 is 11.6 Å². The lowest BCUT2D eigenvalue weighted by Gasteiger charge is -2.22. The Morgan fingerprint density at radius 3 is 2.68 bits per heavy atom. The molecule has 0 aliphatic rings. The van der Waals surface area contributed by atoms with Gasteiger partial charge in [0.2, 0.25) is 0 Å². The molecule has 0 aromatic carbocycles. The molecule has 1 aromatic heterocycles. The Morgan fingerprint density at radius 1 is 1.47 bits per heavy atom. The lowest BCUT2D eigenvalue weighted by molar-refractivity contribution is 0.188. The fourth-order valence-corrected chi connectivity index (χ4v) is 2.16. The van der Waals surface area contributed by atoms with Crippen molar-refractivity contribution in [1.29, 1.82) is 0 Å². The molecule has 1 heterocycles. The molecule has 1 aromatic rings. The minimum absolute atomic E-state index is 0.0632. The summed E-state index contributed by atoms with van der Waals surface area (Å²) >= 11 is 6.04. The molecule has 6 heteroatoms. The number of aromatic nitrogens is 1. The minimum Gasteiger partial charge on any atom is -0.395 e. The highest BCUT2D eigenvalue weighted by Gasteiger charge is 2.15. The van der Waals surface area contributed by atoms with Crippen LogP contribution in [0.15, 0.2) is 6.07 Å². The van der Waals surface area contributed by atoms with Crippen LogP contribution in [-0.2, 0) is 0 Å². The molecule has 19 heavy (non-hydrogen) atoms. The summed E-state index contributed by atoms with van der Waals surface area (Å²) in [5, 5.41) is 12.0. The van der Waals surface area contributed by atoms with Crippen molar-refractivity contribution in [2.45, 2.75) is 27.2 Å². The van der Waals surface area contributed by atoms with E-state index in [9.17, 15) is 4.79 Å². The van der Waals surface area contributed by atoms with Gasteiger partial charge in [0.15, 0.2) is 5.15 Å².